The van der Waals surface area contributed by atoms with E-state index < -0.39 is 35.2 Å². The molecule has 3 rings (SSSR count). The Balaban J connectivity index is 1.61. The van der Waals surface area contributed by atoms with E-state index in [0.717, 1.165) is 10.8 Å². The number of ether oxygens (including phenoxy) is 3. The monoisotopic (exact) mass is 613 g/mol. The predicted octanol–water partition coefficient (Wildman–Crippen LogP) is 5.13. The number of aliphatic hydroxyl groups excluding tert-OH is 1. The Bertz CT molecular complexity index is 1310. The molecular formula is C32H47N5O7. The zero-order valence-electron chi connectivity index (χ0n) is 27.0. The second-order valence-electron chi connectivity index (χ2n) is 13.1. The number of benzene rings is 2. The highest BCUT2D eigenvalue weighted by atomic mass is 16.6. The van der Waals surface area contributed by atoms with Crippen LogP contribution in [0.5, 0.6) is 5.75 Å². The summed E-state index contributed by atoms with van der Waals surface area (Å²) in [5.41, 5.74) is -1.91. The van der Waals surface area contributed by atoms with Crippen molar-refractivity contribution in [1.82, 2.24) is 15.1 Å². The third-order valence-electron chi connectivity index (χ3n) is 6.56. The number of carbonyl (C=O) groups is 3. The molecule has 0 unspecified atom stereocenters. The van der Waals surface area contributed by atoms with E-state index in [4.69, 9.17) is 14.2 Å². The molecule has 0 fully saturated rings. The van der Waals surface area contributed by atoms with Crippen molar-refractivity contribution in [3.05, 3.63) is 42.5 Å². The van der Waals surface area contributed by atoms with Crippen LogP contribution < -0.4 is 10.1 Å². The summed E-state index contributed by atoms with van der Waals surface area (Å²) in [4.78, 5) is 41.5. The van der Waals surface area contributed by atoms with Crippen molar-refractivity contribution in [2.75, 3.05) is 39.3 Å². The van der Waals surface area contributed by atoms with E-state index in [1.807, 2.05) is 49.4 Å². The molecular weight excluding hydrogens is 566 g/mol. The summed E-state index contributed by atoms with van der Waals surface area (Å²) >= 11 is 0. The third kappa shape index (κ3) is 12.0. The number of alkyl carbamates (subject to hydrolysis) is 1. The van der Waals surface area contributed by atoms with Gasteiger partial charge in [0.2, 0.25) is 5.91 Å². The summed E-state index contributed by atoms with van der Waals surface area (Å²) in [5, 5.41) is 23.5. The van der Waals surface area contributed by atoms with Gasteiger partial charge in [0.15, 0.2) is 5.66 Å². The van der Waals surface area contributed by atoms with E-state index in [1.54, 1.807) is 46.4 Å². The minimum absolute atomic E-state index is 0.0150. The van der Waals surface area contributed by atoms with E-state index >= 15 is 0 Å². The molecule has 1 heterocycles. The van der Waals surface area contributed by atoms with Crippen LogP contribution in [0.1, 0.15) is 61.3 Å². The number of fused-ring (bicyclic) bond motifs is 1. The third-order valence-corrected chi connectivity index (χ3v) is 6.56. The molecule has 12 nitrogen and oxygen atoms in total. The molecule has 2 aromatic rings. The smallest absolute Gasteiger partial charge is 0.410 e. The maximum Gasteiger partial charge on any atom is 0.410 e. The van der Waals surface area contributed by atoms with Crippen molar-refractivity contribution < 1.29 is 33.7 Å². The highest BCUT2D eigenvalue weighted by Gasteiger charge is 2.34. The van der Waals surface area contributed by atoms with Gasteiger partial charge in [-0.15, -0.1) is 0 Å². The number of amides is 3. The molecule has 0 bridgehead atoms. The summed E-state index contributed by atoms with van der Waals surface area (Å²) in [6.07, 6.45) is -1.74. The van der Waals surface area contributed by atoms with E-state index in [1.165, 1.54) is 4.90 Å². The standard InChI is InChI=1S/C32H47N5O7/c1-30(2,3)43-28(40)33-17-20-36(19-16-32(7)34-35-32)27(39)15-18-37(29(41)44-31(4,5)6)21-24(38)22-42-26-14-10-12-23-11-8-9-13-25(23)26/h8-14,24,38H,15-22H2,1-7H3,(H,33,40)/t24-/m0/s1. The van der Waals surface area contributed by atoms with Gasteiger partial charge in [-0.3, -0.25) is 4.79 Å². The fourth-order valence-electron chi connectivity index (χ4n) is 4.29. The van der Waals surface area contributed by atoms with E-state index in [2.05, 4.69) is 15.5 Å². The van der Waals surface area contributed by atoms with Gasteiger partial charge in [-0.2, -0.15) is 10.2 Å². The minimum atomic E-state index is -1.04. The molecule has 2 N–H and O–H groups in total. The molecule has 0 radical (unpaired) electrons. The van der Waals surface area contributed by atoms with Gasteiger partial charge in [0.1, 0.15) is 29.7 Å². The molecule has 1 aliphatic rings. The van der Waals surface area contributed by atoms with Gasteiger partial charge in [0.25, 0.3) is 0 Å². The van der Waals surface area contributed by atoms with Crippen LogP contribution in [-0.2, 0) is 14.3 Å². The van der Waals surface area contributed by atoms with Crippen LogP contribution in [0, 0.1) is 0 Å². The second kappa shape index (κ2) is 14.7. The average molecular weight is 614 g/mol. The zero-order valence-corrected chi connectivity index (χ0v) is 27.0. The average Bonchev–Trinajstić information content (AvgIpc) is 3.66. The second-order valence-corrected chi connectivity index (χ2v) is 13.1. The maximum absolute atomic E-state index is 13.4. The summed E-state index contributed by atoms with van der Waals surface area (Å²) in [6, 6.07) is 13.5. The lowest BCUT2D eigenvalue weighted by Gasteiger charge is -2.30. The fraction of sp³-hybridized carbons (Fsp3) is 0.594. The molecule has 0 aliphatic carbocycles. The lowest BCUT2D eigenvalue weighted by Crippen LogP contribution is -2.45. The Morgan fingerprint density at radius 1 is 0.909 bits per heavy atom. The van der Waals surface area contributed by atoms with Crippen LogP contribution in [0.3, 0.4) is 0 Å². The first-order valence-electron chi connectivity index (χ1n) is 15.0. The Labute approximate surface area is 259 Å². The van der Waals surface area contributed by atoms with Crippen LogP contribution in [0.15, 0.2) is 52.7 Å². The van der Waals surface area contributed by atoms with Crippen LogP contribution in [0.25, 0.3) is 10.8 Å². The fourth-order valence-corrected chi connectivity index (χ4v) is 4.29. The summed E-state index contributed by atoms with van der Waals surface area (Å²) in [5.74, 6) is 0.398. The quantitative estimate of drug-likeness (QED) is 0.301. The first-order chi connectivity index (χ1) is 20.5. The largest absolute Gasteiger partial charge is 0.490 e. The highest BCUT2D eigenvalue weighted by Crippen LogP contribution is 2.31. The van der Waals surface area contributed by atoms with Crippen LogP contribution in [0.4, 0.5) is 9.59 Å². The molecule has 0 saturated carbocycles. The van der Waals surface area contributed by atoms with Crippen molar-refractivity contribution in [2.45, 2.75) is 84.3 Å². The normalized spacial score (nSPS) is 14.5. The molecule has 0 spiro atoms. The summed E-state index contributed by atoms with van der Waals surface area (Å²) in [6.45, 7) is 13.1. The zero-order chi connectivity index (χ0) is 32.5. The number of aliphatic hydroxyl groups is 1. The molecule has 1 aliphatic heterocycles. The summed E-state index contributed by atoms with van der Waals surface area (Å²) < 4.78 is 16.8. The molecule has 44 heavy (non-hydrogen) atoms. The number of nitrogens with one attached hydrogen (secondary N) is 1. The number of rotatable bonds is 14. The molecule has 12 heteroatoms. The number of hydrogen-bond donors (Lipinski definition) is 2. The van der Waals surface area contributed by atoms with Crippen LogP contribution >= 0.6 is 0 Å². The van der Waals surface area contributed by atoms with Gasteiger partial charge < -0.3 is 34.4 Å². The summed E-state index contributed by atoms with van der Waals surface area (Å²) in [7, 11) is 0. The number of carbonyl (C=O) groups excluding carboxylic acids is 3. The lowest BCUT2D eigenvalue weighted by molar-refractivity contribution is -0.131. The van der Waals surface area contributed by atoms with Crippen molar-refractivity contribution in [2.24, 2.45) is 10.2 Å². The van der Waals surface area contributed by atoms with Gasteiger partial charge in [0, 0.05) is 44.4 Å². The Kier molecular flexibility index (Phi) is 11.5. The Hall–Kier alpha value is -3.93. The molecule has 242 valence electrons. The van der Waals surface area contributed by atoms with Crippen molar-refractivity contribution in [3.63, 3.8) is 0 Å². The molecule has 0 aromatic heterocycles. The first-order valence-corrected chi connectivity index (χ1v) is 15.0. The van der Waals surface area contributed by atoms with E-state index in [0.29, 0.717) is 18.7 Å². The van der Waals surface area contributed by atoms with E-state index in [9.17, 15) is 19.5 Å². The van der Waals surface area contributed by atoms with E-state index in [-0.39, 0.29) is 45.1 Å². The van der Waals surface area contributed by atoms with Crippen molar-refractivity contribution in [3.8, 4) is 5.75 Å². The highest BCUT2D eigenvalue weighted by molar-refractivity contribution is 5.88. The number of hydrogen-bond acceptors (Lipinski definition) is 9. The Morgan fingerprint density at radius 3 is 2.23 bits per heavy atom. The van der Waals surface area contributed by atoms with Crippen LogP contribution in [0.2, 0.25) is 0 Å². The predicted molar refractivity (Wildman–Crippen MR) is 167 cm³/mol. The van der Waals surface area contributed by atoms with Gasteiger partial charge in [-0.05, 0) is 59.9 Å². The maximum atomic E-state index is 13.4. The molecule has 1 atom stereocenters. The number of nitrogens with zero attached hydrogens (tertiary/aromatic N) is 4. The SMILES string of the molecule is CC1(CCN(CCNC(=O)OC(C)(C)C)C(=O)CCN(C[C@H](O)COc2cccc3ccccc23)C(=O)OC(C)(C)C)N=N1. The van der Waals surface area contributed by atoms with Gasteiger partial charge >= 0.3 is 12.2 Å². The first kappa shape index (κ1) is 34.6. The van der Waals surface area contributed by atoms with Gasteiger partial charge in [-0.25, -0.2) is 9.59 Å². The van der Waals surface area contributed by atoms with Crippen LogP contribution in [-0.4, -0.2) is 95.3 Å². The molecule has 2 aromatic carbocycles. The minimum Gasteiger partial charge on any atom is -0.490 e. The van der Waals surface area contributed by atoms with Crippen molar-refractivity contribution >= 4 is 28.9 Å². The van der Waals surface area contributed by atoms with Gasteiger partial charge in [0.05, 0.1) is 6.54 Å². The molecule has 0 saturated heterocycles. The topological polar surface area (TPSA) is 142 Å². The Morgan fingerprint density at radius 2 is 1.57 bits per heavy atom. The van der Waals surface area contributed by atoms with Crippen molar-refractivity contribution in [1.29, 1.82) is 0 Å². The molecule has 3 amide bonds. The lowest BCUT2D eigenvalue weighted by atomic mass is 10.1. The van der Waals surface area contributed by atoms with Gasteiger partial charge in [-0.1, -0.05) is 36.4 Å².